The van der Waals surface area contributed by atoms with Gasteiger partial charge in [0, 0.05) is 5.92 Å². The quantitative estimate of drug-likeness (QED) is 0.818. The van der Waals surface area contributed by atoms with Gasteiger partial charge in [-0.3, -0.25) is 0 Å². The maximum absolute atomic E-state index is 4.90. The smallest absolute Gasteiger partial charge is 0.110 e. The molecule has 3 fully saturated rings. The monoisotopic (exact) mass is 252 g/mol. The van der Waals surface area contributed by atoms with Crippen LogP contribution in [-0.4, -0.2) is 9.97 Å². The van der Waals surface area contributed by atoms with Crippen LogP contribution < -0.4 is 0 Å². The van der Waals surface area contributed by atoms with Crippen LogP contribution in [0.4, 0.5) is 0 Å². The molecule has 1 heterocycles. The molecule has 3 aliphatic carbocycles. The molecule has 2 nitrogen and oxygen atoms in total. The Hall–Kier alpha value is -1.31. The molecule has 2 aromatic rings. The second-order valence-corrected chi connectivity index (χ2v) is 7.09. The SMILES string of the molecule is Cc1cc2nc(C3C4C5CCC(C5)C34)[nH]c2cc1C. The molecule has 0 spiro atoms. The Morgan fingerprint density at radius 1 is 1.05 bits per heavy atom. The third-order valence-corrected chi connectivity index (χ3v) is 6.17. The zero-order chi connectivity index (χ0) is 12.7. The van der Waals surface area contributed by atoms with Crippen LogP contribution in [-0.2, 0) is 0 Å². The van der Waals surface area contributed by atoms with Gasteiger partial charge in [0.05, 0.1) is 11.0 Å². The Bertz CT molecular complexity index is 629. The summed E-state index contributed by atoms with van der Waals surface area (Å²) in [4.78, 5) is 8.51. The fourth-order valence-electron chi connectivity index (χ4n) is 5.14. The number of benzene rings is 1. The summed E-state index contributed by atoms with van der Waals surface area (Å²) in [6.07, 6.45) is 4.49. The lowest BCUT2D eigenvalue weighted by Gasteiger charge is -2.05. The first-order valence-electron chi connectivity index (χ1n) is 7.69. The van der Waals surface area contributed by atoms with Crippen LogP contribution in [0.15, 0.2) is 12.1 Å². The Labute approximate surface area is 113 Å². The van der Waals surface area contributed by atoms with Crippen molar-refractivity contribution in [3.8, 4) is 0 Å². The van der Waals surface area contributed by atoms with Crippen molar-refractivity contribution in [3.05, 3.63) is 29.1 Å². The van der Waals surface area contributed by atoms with Crippen LogP contribution in [0.1, 0.15) is 42.1 Å². The zero-order valence-electron chi connectivity index (χ0n) is 11.6. The summed E-state index contributed by atoms with van der Waals surface area (Å²) in [5, 5.41) is 0. The van der Waals surface area contributed by atoms with Crippen LogP contribution in [0.25, 0.3) is 11.0 Å². The number of hydrogen-bond donors (Lipinski definition) is 1. The zero-order valence-corrected chi connectivity index (χ0v) is 11.6. The summed E-state index contributed by atoms with van der Waals surface area (Å²) >= 11 is 0. The number of aromatic amines is 1. The summed E-state index contributed by atoms with van der Waals surface area (Å²) in [6.45, 7) is 4.36. The van der Waals surface area contributed by atoms with Gasteiger partial charge in [-0.05, 0) is 80.0 Å². The summed E-state index contributed by atoms with van der Waals surface area (Å²) < 4.78 is 0. The second kappa shape index (κ2) is 3.23. The molecular formula is C17H20N2. The molecule has 1 aromatic heterocycles. The van der Waals surface area contributed by atoms with Crippen LogP contribution in [0.3, 0.4) is 0 Å². The van der Waals surface area contributed by atoms with Gasteiger partial charge in [0.1, 0.15) is 5.82 Å². The van der Waals surface area contributed by atoms with Gasteiger partial charge in [-0.25, -0.2) is 4.98 Å². The number of imidazole rings is 1. The van der Waals surface area contributed by atoms with Crippen LogP contribution in [0.5, 0.6) is 0 Å². The minimum atomic E-state index is 0.763. The van der Waals surface area contributed by atoms with E-state index in [1.165, 1.54) is 41.7 Å². The molecule has 4 atom stereocenters. The van der Waals surface area contributed by atoms with Gasteiger partial charge in [0.15, 0.2) is 0 Å². The maximum atomic E-state index is 4.90. The Kier molecular flexibility index (Phi) is 1.78. The van der Waals surface area contributed by atoms with Gasteiger partial charge in [-0.1, -0.05) is 0 Å². The van der Waals surface area contributed by atoms with E-state index in [4.69, 9.17) is 4.98 Å². The van der Waals surface area contributed by atoms with E-state index >= 15 is 0 Å². The normalized spacial score (nSPS) is 38.9. The lowest BCUT2D eigenvalue weighted by molar-refractivity contribution is 0.456. The van der Waals surface area contributed by atoms with Gasteiger partial charge < -0.3 is 4.98 Å². The van der Waals surface area contributed by atoms with E-state index in [2.05, 4.69) is 31.0 Å². The first-order chi connectivity index (χ1) is 9.22. The number of aromatic nitrogens is 2. The fourth-order valence-corrected chi connectivity index (χ4v) is 5.14. The van der Waals surface area contributed by atoms with Crippen molar-refractivity contribution in [3.63, 3.8) is 0 Å². The van der Waals surface area contributed by atoms with E-state index in [-0.39, 0.29) is 0 Å². The molecule has 0 saturated heterocycles. The van der Waals surface area contributed by atoms with Crippen molar-refractivity contribution in [1.29, 1.82) is 0 Å². The minimum Gasteiger partial charge on any atom is -0.342 e. The van der Waals surface area contributed by atoms with E-state index in [1.807, 2.05) is 0 Å². The topological polar surface area (TPSA) is 28.7 Å². The van der Waals surface area contributed by atoms with Crippen molar-refractivity contribution in [1.82, 2.24) is 9.97 Å². The largest absolute Gasteiger partial charge is 0.342 e. The van der Waals surface area contributed by atoms with Gasteiger partial charge >= 0.3 is 0 Å². The molecule has 2 bridgehead atoms. The van der Waals surface area contributed by atoms with E-state index < -0.39 is 0 Å². The van der Waals surface area contributed by atoms with E-state index in [0.717, 1.165) is 35.1 Å². The molecule has 3 aliphatic rings. The molecule has 0 amide bonds. The molecule has 0 radical (unpaired) electrons. The highest BCUT2D eigenvalue weighted by Crippen LogP contribution is 2.72. The lowest BCUT2D eigenvalue weighted by atomic mass is 10.0. The first-order valence-corrected chi connectivity index (χ1v) is 7.69. The van der Waals surface area contributed by atoms with Gasteiger partial charge in [0.2, 0.25) is 0 Å². The number of fused-ring (bicyclic) bond motifs is 6. The first kappa shape index (κ1) is 10.5. The van der Waals surface area contributed by atoms with E-state index in [0.29, 0.717) is 0 Å². The molecule has 1 aromatic carbocycles. The van der Waals surface area contributed by atoms with Crippen molar-refractivity contribution in [2.75, 3.05) is 0 Å². The Balaban J connectivity index is 1.57. The van der Waals surface area contributed by atoms with Crippen molar-refractivity contribution >= 4 is 11.0 Å². The highest BCUT2D eigenvalue weighted by atomic mass is 15.0. The average Bonchev–Trinajstić information content (AvgIpc) is 2.75. The maximum Gasteiger partial charge on any atom is 0.110 e. The second-order valence-electron chi connectivity index (χ2n) is 7.09. The standard InChI is InChI=1S/C17H20N2/c1-8-5-12-13(6-9(8)2)19-17(18-12)16-14-10-3-4-11(7-10)15(14)16/h5-6,10-11,14-16H,3-4,7H2,1-2H3,(H,18,19). The van der Waals surface area contributed by atoms with Crippen molar-refractivity contribution in [2.24, 2.45) is 23.7 Å². The number of hydrogen-bond acceptors (Lipinski definition) is 1. The molecule has 3 saturated carbocycles. The highest BCUT2D eigenvalue weighted by molar-refractivity contribution is 5.77. The number of rotatable bonds is 1. The predicted octanol–water partition coefficient (Wildman–Crippen LogP) is 3.94. The average molecular weight is 252 g/mol. The van der Waals surface area contributed by atoms with Crippen molar-refractivity contribution in [2.45, 2.75) is 39.0 Å². The molecular weight excluding hydrogens is 232 g/mol. The van der Waals surface area contributed by atoms with Crippen LogP contribution in [0, 0.1) is 37.5 Å². The van der Waals surface area contributed by atoms with Crippen LogP contribution >= 0.6 is 0 Å². The van der Waals surface area contributed by atoms with Crippen molar-refractivity contribution < 1.29 is 0 Å². The van der Waals surface area contributed by atoms with E-state index in [9.17, 15) is 0 Å². The third kappa shape index (κ3) is 1.25. The summed E-state index contributed by atoms with van der Waals surface area (Å²) in [7, 11) is 0. The third-order valence-electron chi connectivity index (χ3n) is 6.17. The predicted molar refractivity (Wildman–Crippen MR) is 76.1 cm³/mol. The van der Waals surface area contributed by atoms with Crippen LogP contribution in [0.2, 0.25) is 0 Å². The number of nitrogens with zero attached hydrogens (tertiary/aromatic N) is 1. The molecule has 98 valence electrons. The summed E-state index contributed by atoms with van der Waals surface area (Å²) in [6, 6.07) is 4.49. The molecule has 1 N–H and O–H groups in total. The lowest BCUT2D eigenvalue weighted by Crippen LogP contribution is -1.98. The fraction of sp³-hybridized carbons (Fsp3) is 0.588. The highest BCUT2D eigenvalue weighted by Gasteiger charge is 2.66. The molecule has 4 unspecified atom stereocenters. The van der Waals surface area contributed by atoms with Gasteiger partial charge in [-0.15, -0.1) is 0 Å². The number of aryl methyl sites for hydroxylation is 2. The molecule has 19 heavy (non-hydrogen) atoms. The molecule has 5 rings (SSSR count). The number of H-pyrrole nitrogens is 1. The van der Waals surface area contributed by atoms with E-state index in [1.54, 1.807) is 0 Å². The number of nitrogens with one attached hydrogen (secondary N) is 1. The molecule has 2 heteroatoms. The summed E-state index contributed by atoms with van der Waals surface area (Å²) in [5.74, 6) is 6.04. The molecule has 0 aliphatic heterocycles. The van der Waals surface area contributed by atoms with Gasteiger partial charge in [-0.2, -0.15) is 0 Å². The Morgan fingerprint density at radius 3 is 2.47 bits per heavy atom. The summed E-state index contributed by atoms with van der Waals surface area (Å²) in [5.41, 5.74) is 5.10. The Morgan fingerprint density at radius 2 is 1.74 bits per heavy atom. The minimum absolute atomic E-state index is 0.763. The van der Waals surface area contributed by atoms with Gasteiger partial charge in [0.25, 0.3) is 0 Å².